The molecule has 0 amide bonds. The lowest BCUT2D eigenvalue weighted by Crippen LogP contribution is -2.11. The second kappa shape index (κ2) is 6.54. The first-order valence-electron chi connectivity index (χ1n) is 5.18. The van der Waals surface area contributed by atoms with Gasteiger partial charge in [0.2, 0.25) is 0 Å². The summed E-state index contributed by atoms with van der Waals surface area (Å²) in [6.45, 7) is 4.27. The maximum atomic E-state index is 5.82. The van der Waals surface area contributed by atoms with Crippen molar-refractivity contribution in [3.8, 4) is 5.75 Å². The third kappa shape index (κ3) is 4.15. The first-order valence-corrected chi connectivity index (χ1v) is 7.09. The lowest BCUT2D eigenvalue weighted by atomic mass is 10.2. The van der Waals surface area contributed by atoms with Gasteiger partial charge in [0, 0.05) is 5.33 Å². The first-order chi connectivity index (χ1) is 7.17. The predicted octanol–water partition coefficient (Wildman–Crippen LogP) is 4.91. The van der Waals surface area contributed by atoms with Crippen LogP contribution in [0.4, 0.5) is 0 Å². The van der Waals surface area contributed by atoms with Gasteiger partial charge >= 0.3 is 0 Å². The van der Waals surface area contributed by atoms with E-state index in [1.54, 1.807) is 0 Å². The van der Waals surface area contributed by atoms with Crippen LogP contribution in [0.15, 0.2) is 22.7 Å². The van der Waals surface area contributed by atoms with Crippen LogP contribution in [-0.4, -0.2) is 6.10 Å². The van der Waals surface area contributed by atoms with Gasteiger partial charge < -0.3 is 4.74 Å². The van der Waals surface area contributed by atoms with Gasteiger partial charge in [-0.15, -0.1) is 0 Å². The SMILES string of the molecule is CCCC(C)Oc1ccc(CBr)cc1Br. The Balaban J connectivity index is 2.69. The maximum absolute atomic E-state index is 5.82. The van der Waals surface area contributed by atoms with E-state index in [9.17, 15) is 0 Å². The summed E-state index contributed by atoms with van der Waals surface area (Å²) in [4.78, 5) is 0. The average molecular weight is 336 g/mol. The standard InChI is InChI=1S/C12H16Br2O/c1-3-4-9(2)15-12-6-5-10(8-13)7-11(12)14/h5-7,9H,3-4,8H2,1-2H3. The minimum absolute atomic E-state index is 0.279. The van der Waals surface area contributed by atoms with Crippen molar-refractivity contribution in [3.05, 3.63) is 28.2 Å². The molecule has 0 aliphatic rings. The summed E-state index contributed by atoms with van der Waals surface area (Å²) in [6.07, 6.45) is 2.52. The summed E-state index contributed by atoms with van der Waals surface area (Å²) in [6, 6.07) is 6.18. The van der Waals surface area contributed by atoms with Crippen LogP contribution in [-0.2, 0) is 5.33 Å². The van der Waals surface area contributed by atoms with Crippen LogP contribution in [0.3, 0.4) is 0 Å². The number of rotatable bonds is 5. The molecule has 1 unspecified atom stereocenters. The quantitative estimate of drug-likeness (QED) is 0.694. The molecular formula is C12H16Br2O. The number of hydrogen-bond acceptors (Lipinski definition) is 1. The van der Waals surface area contributed by atoms with Gasteiger partial charge in [0.25, 0.3) is 0 Å². The molecule has 84 valence electrons. The predicted molar refractivity (Wildman–Crippen MR) is 71.8 cm³/mol. The molecule has 0 spiro atoms. The zero-order valence-electron chi connectivity index (χ0n) is 9.09. The largest absolute Gasteiger partial charge is 0.490 e. The Hall–Kier alpha value is -0.0200. The van der Waals surface area contributed by atoms with E-state index in [4.69, 9.17) is 4.74 Å². The summed E-state index contributed by atoms with van der Waals surface area (Å²) in [5.41, 5.74) is 1.25. The van der Waals surface area contributed by atoms with Crippen LogP contribution in [0.2, 0.25) is 0 Å². The number of alkyl halides is 1. The molecule has 0 N–H and O–H groups in total. The van der Waals surface area contributed by atoms with Crippen molar-refractivity contribution in [1.82, 2.24) is 0 Å². The monoisotopic (exact) mass is 334 g/mol. The molecule has 1 rings (SSSR count). The second-order valence-corrected chi connectivity index (χ2v) is 5.03. The normalized spacial score (nSPS) is 12.5. The zero-order valence-corrected chi connectivity index (χ0v) is 12.3. The van der Waals surface area contributed by atoms with Crippen LogP contribution in [0.25, 0.3) is 0 Å². The van der Waals surface area contributed by atoms with Gasteiger partial charge in [-0.1, -0.05) is 35.3 Å². The molecular weight excluding hydrogens is 320 g/mol. The molecule has 0 fully saturated rings. The van der Waals surface area contributed by atoms with Crippen LogP contribution in [0.5, 0.6) is 5.75 Å². The highest BCUT2D eigenvalue weighted by Gasteiger charge is 2.06. The molecule has 0 aromatic heterocycles. The molecule has 0 radical (unpaired) electrons. The summed E-state index contributed by atoms with van der Waals surface area (Å²) in [7, 11) is 0. The topological polar surface area (TPSA) is 9.23 Å². The molecule has 0 bridgehead atoms. The van der Waals surface area contributed by atoms with E-state index >= 15 is 0 Å². The molecule has 3 heteroatoms. The van der Waals surface area contributed by atoms with Crippen molar-refractivity contribution in [2.45, 2.75) is 38.1 Å². The van der Waals surface area contributed by atoms with Crippen molar-refractivity contribution >= 4 is 31.9 Å². The minimum Gasteiger partial charge on any atom is -0.490 e. The van der Waals surface area contributed by atoms with E-state index in [-0.39, 0.29) is 6.10 Å². The van der Waals surface area contributed by atoms with Crippen molar-refractivity contribution in [2.75, 3.05) is 0 Å². The van der Waals surface area contributed by atoms with Crippen LogP contribution >= 0.6 is 31.9 Å². The highest BCUT2D eigenvalue weighted by molar-refractivity contribution is 9.10. The van der Waals surface area contributed by atoms with Crippen molar-refractivity contribution in [3.63, 3.8) is 0 Å². The highest BCUT2D eigenvalue weighted by Crippen LogP contribution is 2.28. The molecule has 0 heterocycles. The van der Waals surface area contributed by atoms with E-state index < -0.39 is 0 Å². The molecule has 0 saturated heterocycles. The fraction of sp³-hybridized carbons (Fsp3) is 0.500. The van der Waals surface area contributed by atoms with Gasteiger partial charge in [-0.05, 0) is 47.0 Å². The van der Waals surface area contributed by atoms with Gasteiger partial charge in [-0.2, -0.15) is 0 Å². The van der Waals surface area contributed by atoms with Crippen molar-refractivity contribution in [2.24, 2.45) is 0 Å². The Bertz CT molecular complexity index is 312. The summed E-state index contributed by atoms with van der Waals surface area (Å²) >= 11 is 6.95. The Morgan fingerprint density at radius 3 is 2.67 bits per heavy atom. The van der Waals surface area contributed by atoms with Gasteiger partial charge in [0.1, 0.15) is 5.75 Å². The first kappa shape index (κ1) is 13.0. The number of hydrogen-bond donors (Lipinski definition) is 0. The van der Waals surface area contributed by atoms with Gasteiger partial charge in [0.05, 0.1) is 10.6 Å². The van der Waals surface area contributed by atoms with Crippen LogP contribution in [0, 0.1) is 0 Å². The smallest absolute Gasteiger partial charge is 0.133 e. The average Bonchev–Trinajstić information content (AvgIpc) is 2.21. The molecule has 1 aromatic rings. The summed E-state index contributed by atoms with van der Waals surface area (Å²) in [5.74, 6) is 0.931. The van der Waals surface area contributed by atoms with E-state index in [2.05, 4.69) is 57.8 Å². The Kier molecular flexibility index (Phi) is 5.69. The lowest BCUT2D eigenvalue weighted by Gasteiger charge is -2.15. The fourth-order valence-electron chi connectivity index (χ4n) is 1.41. The molecule has 1 nitrogen and oxygen atoms in total. The zero-order chi connectivity index (χ0) is 11.3. The van der Waals surface area contributed by atoms with E-state index in [0.29, 0.717) is 0 Å². The number of benzene rings is 1. The van der Waals surface area contributed by atoms with Gasteiger partial charge in [-0.3, -0.25) is 0 Å². The van der Waals surface area contributed by atoms with E-state index in [0.717, 1.165) is 28.4 Å². The van der Waals surface area contributed by atoms with Crippen molar-refractivity contribution < 1.29 is 4.74 Å². The number of halogens is 2. The lowest BCUT2D eigenvalue weighted by molar-refractivity contribution is 0.208. The third-order valence-corrected chi connectivity index (χ3v) is 3.44. The molecule has 1 atom stereocenters. The van der Waals surface area contributed by atoms with E-state index in [1.807, 2.05) is 6.07 Å². The summed E-state index contributed by atoms with van der Waals surface area (Å²) < 4.78 is 6.85. The van der Waals surface area contributed by atoms with Gasteiger partial charge in [-0.25, -0.2) is 0 Å². The molecule has 1 aromatic carbocycles. The molecule has 0 aliphatic heterocycles. The van der Waals surface area contributed by atoms with Crippen molar-refractivity contribution in [1.29, 1.82) is 0 Å². The van der Waals surface area contributed by atoms with Gasteiger partial charge in [0.15, 0.2) is 0 Å². The summed E-state index contributed by atoms with van der Waals surface area (Å²) in [5, 5.41) is 0.871. The third-order valence-electron chi connectivity index (χ3n) is 2.17. The van der Waals surface area contributed by atoms with E-state index in [1.165, 1.54) is 5.56 Å². The van der Waals surface area contributed by atoms with Crippen LogP contribution in [0.1, 0.15) is 32.3 Å². The minimum atomic E-state index is 0.279. The Morgan fingerprint density at radius 2 is 2.13 bits per heavy atom. The molecule has 0 saturated carbocycles. The Morgan fingerprint density at radius 1 is 1.40 bits per heavy atom. The highest BCUT2D eigenvalue weighted by atomic mass is 79.9. The maximum Gasteiger partial charge on any atom is 0.133 e. The van der Waals surface area contributed by atoms with Crippen LogP contribution < -0.4 is 4.74 Å². The number of ether oxygens (including phenoxy) is 1. The second-order valence-electron chi connectivity index (χ2n) is 3.62. The molecule has 0 aliphatic carbocycles. The Labute approximate surface area is 108 Å². The fourth-order valence-corrected chi connectivity index (χ4v) is 2.27. The molecule has 15 heavy (non-hydrogen) atoms.